The third-order valence-corrected chi connectivity index (χ3v) is 5.52. The molecule has 4 rings (SSSR count). The van der Waals surface area contributed by atoms with E-state index in [1.165, 1.54) is 47.2 Å². The molecular formula is C17H14FN7O3S. The largest absolute Gasteiger partial charge is 0.349 e. The summed E-state index contributed by atoms with van der Waals surface area (Å²) in [5, 5.41) is 13.2. The van der Waals surface area contributed by atoms with Crippen molar-refractivity contribution >= 4 is 27.5 Å². The maximum atomic E-state index is 14.1. The van der Waals surface area contributed by atoms with E-state index < -0.39 is 21.7 Å². The molecule has 3 aromatic rings. The number of amidine groups is 1. The van der Waals surface area contributed by atoms with Crippen LogP contribution in [0, 0.1) is 5.82 Å². The molecule has 148 valence electrons. The first-order valence-electron chi connectivity index (χ1n) is 8.33. The number of anilines is 1. The Balaban J connectivity index is 1.52. The van der Waals surface area contributed by atoms with Crippen molar-refractivity contribution in [2.45, 2.75) is 4.90 Å². The Labute approximate surface area is 164 Å². The number of rotatable bonds is 4. The van der Waals surface area contributed by atoms with E-state index in [9.17, 15) is 17.6 Å². The predicted molar refractivity (Wildman–Crippen MR) is 101 cm³/mol. The highest BCUT2D eigenvalue weighted by molar-refractivity contribution is 7.90. The number of sulfonamides is 1. The van der Waals surface area contributed by atoms with Gasteiger partial charge in [0.1, 0.15) is 17.0 Å². The SMILES string of the molecule is CN(CC(=O)Nc1cc(-n2cnnn2)ccc1F)C1=NS(=O)(=O)c2ccccc21. The molecule has 0 fully saturated rings. The minimum Gasteiger partial charge on any atom is -0.349 e. The second kappa shape index (κ2) is 7.05. The van der Waals surface area contributed by atoms with E-state index in [-0.39, 0.29) is 23.0 Å². The fraction of sp³-hybridized carbons (Fsp3) is 0.118. The number of hydrogen-bond acceptors (Lipinski definition) is 7. The van der Waals surface area contributed by atoms with Gasteiger partial charge >= 0.3 is 0 Å². The highest BCUT2D eigenvalue weighted by Crippen LogP contribution is 2.27. The summed E-state index contributed by atoms with van der Waals surface area (Å²) < 4.78 is 43.5. The number of likely N-dealkylation sites (N-methyl/N-ethyl adjacent to an activating group) is 1. The third kappa shape index (κ3) is 3.57. The first kappa shape index (κ1) is 18.7. The second-order valence-electron chi connectivity index (χ2n) is 6.21. The van der Waals surface area contributed by atoms with Crippen LogP contribution in [0.3, 0.4) is 0 Å². The van der Waals surface area contributed by atoms with Gasteiger partial charge in [0, 0.05) is 12.6 Å². The van der Waals surface area contributed by atoms with Crippen molar-refractivity contribution in [2.75, 3.05) is 18.9 Å². The molecule has 0 spiro atoms. The van der Waals surface area contributed by atoms with E-state index in [0.29, 0.717) is 11.3 Å². The summed E-state index contributed by atoms with van der Waals surface area (Å²) in [6.45, 7) is -0.239. The molecule has 29 heavy (non-hydrogen) atoms. The highest BCUT2D eigenvalue weighted by Gasteiger charge is 2.31. The zero-order valence-corrected chi connectivity index (χ0v) is 15.8. The molecule has 2 heterocycles. The Kier molecular flexibility index (Phi) is 4.54. The molecule has 1 aliphatic heterocycles. The van der Waals surface area contributed by atoms with Crippen LogP contribution in [0.4, 0.5) is 10.1 Å². The number of carbonyl (C=O) groups is 1. The molecule has 1 aromatic heterocycles. The van der Waals surface area contributed by atoms with E-state index in [1.807, 2.05) is 0 Å². The van der Waals surface area contributed by atoms with Crippen LogP contribution in [-0.4, -0.2) is 58.9 Å². The van der Waals surface area contributed by atoms with Crippen LogP contribution in [-0.2, 0) is 14.8 Å². The van der Waals surface area contributed by atoms with Crippen molar-refractivity contribution in [1.29, 1.82) is 0 Å². The summed E-state index contributed by atoms with van der Waals surface area (Å²) in [5.41, 5.74) is 0.813. The number of carbonyl (C=O) groups excluding carboxylic acids is 1. The van der Waals surface area contributed by atoms with Crippen LogP contribution in [0.15, 0.2) is 58.1 Å². The van der Waals surface area contributed by atoms with Gasteiger partial charge < -0.3 is 10.2 Å². The molecule has 2 aromatic carbocycles. The number of aromatic nitrogens is 4. The van der Waals surface area contributed by atoms with E-state index in [1.54, 1.807) is 18.2 Å². The number of benzene rings is 2. The van der Waals surface area contributed by atoms with Gasteiger partial charge in [-0.1, -0.05) is 12.1 Å². The average Bonchev–Trinajstić information content (AvgIpc) is 3.31. The molecule has 0 saturated carbocycles. The fourth-order valence-electron chi connectivity index (χ4n) is 2.87. The third-order valence-electron chi connectivity index (χ3n) is 4.19. The number of hydrogen-bond donors (Lipinski definition) is 1. The van der Waals surface area contributed by atoms with Gasteiger partial charge in [0.2, 0.25) is 5.91 Å². The lowest BCUT2D eigenvalue weighted by Gasteiger charge is -2.18. The van der Waals surface area contributed by atoms with E-state index in [2.05, 4.69) is 25.2 Å². The van der Waals surface area contributed by atoms with Gasteiger partial charge in [0.15, 0.2) is 5.84 Å². The van der Waals surface area contributed by atoms with Gasteiger partial charge in [-0.3, -0.25) is 4.79 Å². The average molecular weight is 415 g/mol. The quantitative estimate of drug-likeness (QED) is 0.669. The lowest BCUT2D eigenvalue weighted by Crippen LogP contribution is -2.35. The van der Waals surface area contributed by atoms with Crippen molar-refractivity contribution in [3.05, 3.63) is 60.2 Å². The molecule has 0 radical (unpaired) electrons. The molecule has 0 atom stereocenters. The van der Waals surface area contributed by atoms with Gasteiger partial charge in [-0.2, -0.15) is 8.42 Å². The van der Waals surface area contributed by atoms with Crippen LogP contribution in [0.2, 0.25) is 0 Å². The predicted octanol–water partition coefficient (Wildman–Crippen LogP) is 0.821. The molecule has 0 aliphatic carbocycles. The standard InChI is InChI=1S/C17H14FN7O3S/c1-24(17-12-4-2-3-5-15(12)29(27,28)21-17)9-16(26)20-14-8-11(6-7-13(14)18)25-10-19-22-23-25/h2-8,10H,9H2,1H3,(H,20,26). The van der Waals surface area contributed by atoms with Crippen molar-refractivity contribution in [2.24, 2.45) is 4.40 Å². The normalized spacial score (nSPS) is 14.2. The summed E-state index contributed by atoms with van der Waals surface area (Å²) in [6.07, 6.45) is 1.34. The Morgan fingerprint density at radius 2 is 2.03 bits per heavy atom. The second-order valence-corrected chi connectivity index (χ2v) is 7.78. The summed E-state index contributed by atoms with van der Waals surface area (Å²) in [7, 11) is -2.27. The smallest absolute Gasteiger partial charge is 0.285 e. The number of tetrazole rings is 1. The molecular weight excluding hydrogens is 401 g/mol. The van der Waals surface area contributed by atoms with Crippen molar-refractivity contribution < 1.29 is 17.6 Å². The minimum absolute atomic E-state index is 0.0576. The van der Waals surface area contributed by atoms with Gasteiger partial charge in [-0.05, 0) is 40.8 Å². The maximum absolute atomic E-state index is 14.1. The van der Waals surface area contributed by atoms with Gasteiger partial charge in [-0.15, -0.1) is 9.50 Å². The number of fused-ring (bicyclic) bond motifs is 1. The number of nitrogens with zero attached hydrogens (tertiary/aromatic N) is 6. The van der Waals surface area contributed by atoms with Gasteiger partial charge in [-0.25, -0.2) is 9.07 Å². The summed E-state index contributed by atoms with van der Waals surface area (Å²) in [5.74, 6) is -1.03. The van der Waals surface area contributed by atoms with Crippen molar-refractivity contribution in [3.8, 4) is 5.69 Å². The molecule has 10 nitrogen and oxygen atoms in total. The zero-order valence-electron chi connectivity index (χ0n) is 15.0. The van der Waals surface area contributed by atoms with E-state index in [0.717, 1.165) is 0 Å². The molecule has 1 N–H and O–H groups in total. The minimum atomic E-state index is -3.80. The lowest BCUT2D eigenvalue weighted by atomic mass is 10.2. The van der Waals surface area contributed by atoms with Gasteiger partial charge in [0.05, 0.1) is 17.9 Å². The monoisotopic (exact) mass is 415 g/mol. The van der Waals surface area contributed by atoms with Crippen LogP contribution in [0.1, 0.15) is 5.56 Å². The molecule has 12 heteroatoms. The van der Waals surface area contributed by atoms with Crippen LogP contribution in [0.5, 0.6) is 0 Å². The van der Waals surface area contributed by atoms with Crippen LogP contribution in [0.25, 0.3) is 5.69 Å². The molecule has 0 unspecified atom stereocenters. The number of nitrogens with one attached hydrogen (secondary N) is 1. The first-order valence-corrected chi connectivity index (χ1v) is 9.77. The van der Waals surface area contributed by atoms with E-state index >= 15 is 0 Å². The zero-order chi connectivity index (χ0) is 20.6. The molecule has 0 saturated heterocycles. The van der Waals surface area contributed by atoms with Crippen molar-refractivity contribution in [1.82, 2.24) is 25.1 Å². The Hall–Kier alpha value is -3.67. The first-order chi connectivity index (χ1) is 13.8. The fourth-order valence-corrected chi connectivity index (χ4v) is 4.13. The molecule has 0 bridgehead atoms. The molecule has 1 amide bonds. The lowest BCUT2D eigenvalue weighted by molar-refractivity contribution is -0.116. The summed E-state index contributed by atoms with van der Waals surface area (Å²) in [6, 6.07) is 10.4. The number of amides is 1. The van der Waals surface area contributed by atoms with Crippen LogP contribution >= 0.6 is 0 Å². The van der Waals surface area contributed by atoms with Crippen LogP contribution < -0.4 is 5.32 Å². The summed E-state index contributed by atoms with van der Waals surface area (Å²) >= 11 is 0. The Bertz CT molecular complexity index is 1230. The van der Waals surface area contributed by atoms with E-state index in [4.69, 9.17) is 0 Å². The van der Waals surface area contributed by atoms with Gasteiger partial charge in [0.25, 0.3) is 10.0 Å². The topological polar surface area (TPSA) is 122 Å². The summed E-state index contributed by atoms with van der Waals surface area (Å²) in [4.78, 5) is 13.9. The maximum Gasteiger partial charge on any atom is 0.285 e. The highest BCUT2D eigenvalue weighted by atomic mass is 32.2. The molecule has 1 aliphatic rings. The Morgan fingerprint density at radius 3 is 2.79 bits per heavy atom. The number of halogens is 1. The van der Waals surface area contributed by atoms with Crippen molar-refractivity contribution in [3.63, 3.8) is 0 Å². The Morgan fingerprint density at radius 1 is 1.24 bits per heavy atom.